The van der Waals surface area contributed by atoms with Crippen LogP contribution >= 0.6 is 34.7 Å². The molecule has 0 bridgehead atoms. The Morgan fingerprint density at radius 2 is 1.97 bits per heavy atom. The number of ether oxygens (including phenoxy) is 1. The lowest BCUT2D eigenvalue weighted by atomic mass is 10.2. The Bertz CT molecular complexity index is 1140. The lowest BCUT2D eigenvalue weighted by Crippen LogP contribution is -2.14. The van der Waals surface area contributed by atoms with E-state index in [1.807, 2.05) is 41.8 Å². The van der Waals surface area contributed by atoms with Crippen molar-refractivity contribution >= 4 is 45.7 Å². The minimum atomic E-state index is -0.193. The van der Waals surface area contributed by atoms with Crippen LogP contribution in [0.15, 0.2) is 59.1 Å². The van der Waals surface area contributed by atoms with Crippen molar-refractivity contribution < 1.29 is 9.53 Å². The number of aromatic nitrogens is 5. The molecule has 0 spiro atoms. The van der Waals surface area contributed by atoms with Crippen LogP contribution in [0.4, 0.5) is 5.13 Å². The van der Waals surface area contributed by atoms with Crippen molar-refractivity contribution in [3.8, 4) is 22.7 Å². The zero-order valence-corrected chi connectivity index (χ0v) is 18.0. The minimum Gasteiger partial charge on any atom is -0.497 e. The van der Waals surface area contributed by atoms with E-state index in [1.54, 1.807) is 23.9 Å². The summed E-state index contributed by atoms with van der Waals surface area (Å²) in [5.41, 5.74) is 2.49. The van der Waals surface area contributed by atoms with Crippen molar-refractivity contribution in [2.45, 2.75) is 5.16 Å². The van der Waals surface area contributed by atoms with Gasteiger partial charge in [-0.3, -0.25) is 4.79 Å². The van der Waals surface area contributed by atoms with E-state index in [9.17, 15) is 4.79 Å². The molecular weight excluding hydrogens is 444 g/mol. The molecular formula is C19H15ClN6O2S2. The van der Waals surface area contributed by atoms with Crippen LogP contribution in [0.25, 0.3) is 16.9 Å². The lowest BCUT2D eigenvalue weighted by Gasteiger charge is -2.05. The maximum Gasteiger partial charge on any atom is 0.236 e. The molecule has 0 saturated carbocycles. The van der Waals surface area contributed by atoms with Gasteiger partial charge in [-0.05, 0) is 46.8 Å². The number of halogens is 1. The number of amides is 1. The average Bonchev–Trinajstić information content (AvgIpc) is 3.42. The summed E-state index contributed by atoms with van der Waals surface area (Å²) in [5, 5.41) is 18.1. The fourth-order valence-corrected chi connectivity index (χ4v) is 4.08. The second kappa shape index (κ2) is 9.24. The second-order valence-electron chi connectivity index (χ2n) is 5.95. The van der Waals surface area contributed by atoms with Gasteiger partial charge in [0.15, 0.2) is 5.13 Å². The summed E-state index contributed by atoms with van der Waals surface area (Å²) in [7, 11) is 1.60. The summed E-state index contributed by atoms with van der Waals surface area (Å²) in [6.45, 7) is 0. The lowest BCUT2D eigenvalue weighted by molar-refractivity contribution is -0.113. The zero-order valence-electron chi connectivity index (χ0n) is 15.7. The molecule has 1 N–H and O–H groups in total. The molecule has 2 aromatic heterocycles. The van der Waals surface area contributed by atoms with Gasteiger partial charge in [-0.2, -0.15) is 4.68 Å². The predicted molar refractivity (Wildman–Crippen MR) is 118 cm³/mol. The monoisotopic (exact) mass is 458 g/mol. The van der Waals surface area contributed by atoms with Crippen LogP contribution in [0.3, 0.4) is 0 Å². The Kier molecular flexibility index (Phi) is 6.26. The van der Waals surface area contributed by atoms with Gasteiger partial charge in [0.1, 0.15) is 5.75 Å². The molecule has 30 heavy (non-hydrogen) atoms. The quantitative estimate of drug-likeness (QED) is 0.415. The molecule has 0 radical (unpaired) electrons. The van der Waals surface area contributed by atoms with Gasteiger partial charge in [-0.15, -0.1) is 16.4 Å². The summed E-state index contributed by atoms with van der Waals surface area (Å²) in [6.07, 6.45) is 0. The van der Waals surface area contributed by atoms with Crippen LogP contribution in [0.5, 0.6) is 5.75 Å². The van der Waals surface area contributed by atoms with Gasteiger partial charge in [-0.1, -0.05) is 35.5 Å². The number of thiazole rings is 1. The summed E-state index contributed by atoms with van der Waals surface area (Å²) < 4.78 is 6.73. The predicted octanol–water partition coefficient (Wildman–Crippen LogP) is 4.18. The van der Waals surface area contributed by atoms with E-state index in [0.29, 0.717) is 15.3 Å². The number of anilines is 1. The molecule has 0 saturated heterocycles. The number of benzene rings is 2. The third-order valence-electron chi connectivity index (χ3n) is 3.98. The summed E-state index contributed by atoms with van der Waals surface area (Å²) in [6, 6.07) is 14.7. The van der Waals surface area contributed by atoms with Gasteiger partial charge in [0.2, 0.25) is 11.1 Å². The number of carbonyl (C=O) groups excluding carboxylic acids is 1. The van der Waals surface area contributed by atoms with Crippen LogP contribution in [0.1, 0.15) is 0 Å². The zero-order chi connectivity index (χ0) is 20.9. The number of hydrogen-bond acceptors (Lipinski definition) is 8. The fourth-order valence-electron chi connectivity index (χ4n) is 2.52. The highest BCUT2D eigenvalue weighted by Gasteiger charge is 2.13. The topological polar surface area (TPSA) is 94.8 Å². The van der Waals surface area contributed by atoms with Gasteiger partial charge >= 0.3 is 0 Å². The van der Waals surface area contributed by atoms with E-state index in [4.69, 9.17) is 16.3 Å². The number of nitrogens with zero attached hydrogens (tertiary/aromatic N) is 5. The molecule has 152 valence electrons. The standard InChI is InChI=1S/C19H15ClN6O2S2/c1-28-15-8-6-14(7-9-15)26-19(23-24-25-26)30-11-17(27)22-18-21-16(10-29-18)12-2-4-13(20)5-3-12/h2-10H,11H2,1H3,(H,21,22,27). The van der Waals surface area contributed by atoms with Crippen molar-refractivity contribution in [2.75, 3.05) is 18.2 Å². The van der Waals surface area contributed by atoms with Crippen LogP contribution < -0.4 is 10.1 Å². The largest absolute Gasteiger partial charge is 0.497 e. The van der Waals surface area contributed by atoms with Crippen LogP contribution in [0.2, 0.25) is 5.02 Å². The van der Waals surface area contributed by atoms with Crippen molar-refractivity contribution in [2.24, 2.45) is 0 Å². The van der Waals surface area contributed by atoms with Gasteiger partial charge in [0, 0.05) is 16.0 Å². The first-order valence-corrected chi connectivity index (χ1v) is 10.9. The molecule has 0 aliphatic carbocycles. The minimum absolute atomic E-state index is 0.145. The normalized spacial score (nSPS) is 10.7. The first-order chi connectivity index (χ1) is 14.6. The number of nitrogens with one attached hydrogen (secondary N) is 1. The van der Waals surface area contributed by atoms with Crippen LogP contribution in [-0.2, 0) is 4.79 Å². The van der Waals surface area contributed by atoms with Gasteiger partial charge in [0.25, 0.3) is 0 Å². The molecule has 2 aromatic carbocycles. The second-order valence-corrected chi connectivity index (χ2v) is 8.19. The Labute approximate surface area is 185 Å². The molecule has 11 heteroatoms. The van der Waals surface area contributed by atoms with Gasteiger partial charge < -0.3 is 10.1 Å². The van der Waals surface area contributed by atoms with Crippen molar-refractivity contribution in [1.29, 1.82) is 0 Å². The summed E-state index contributed by atoms with van der Waals surface area (Å²) in [4.78, 5) is 16.8. The molecule has 0 aliphatic rings. The van der Waals surface area contributed by atoms with Gasteiger partial charge in [-0.25, -0.2) is 4.98 Å². The molecule has 1 amide bonds. The highest BCUT2D eigenvalue weighted by molar-refractivity contribution is 7.99. The summed E-state index contributed by atoms with van der Waals surface area (Å²) >= 11 is 8.51. The number of hydrogen-bond donors (Lipinski definition) is 1. The number of rotatable bonds is 7. The molecule has 0 unspecified atom stereocenters. The molecule has 2 heterocycles. The molecule has 4 aromatic rings. The third kappa shape index (κ3) is 4.78. The smallest absolute Gasteiger partial charge is 0.236 e. The van der Waals surface area contributed by atoms with E-state index in [0.717, 1.165) is 22.7 Å². The van der Waals surface area contributed by atoms with Crippen LogP contribution in [0, 0.1) is 0 Å². The highest BCUT2D eigenvalue weighted by atomic mass is 35.5. The number of tetrazole rings is 1. The van der Waals surface area contributed by atoms with E-state index in [2.05, 4.69) is 25.8 Å². The molecule has 0 fully saturated rings. The van der Waals surface area contributed by atoms with E-state index < -0.39 is 0 Å². The van der Waals surface area contributed by atoms with Gasteiger partial charge in [0.05, 0.1) is 24.2 Å². The number of carbonyl (C=O) groups is 1. The van der Waals surface area contributed by atoms with E-state index in [-0.39, 0.29) is 11.7 Å². The van der Waals surface area contributed by atoms with Crippen molar-refractivity contribution in [3.63, 3.8) is 0 Å². The molecule has 8 nitrogen and oxygen atoms in total. The first-order valence-electron chi connectivity index (χ1n) is 8.69. The SMILES string of the molecule is COc1ccc(-n2nnnc2SCC(=O)Nc2nc(-c3ccc(Cl)cc3)cs2)cc1. The first kappa shape index (κ1) is 20.3. The molecule has 4 rings (SSSR count). The Balaban J connectivity index is 1.37. The van der Waals surface area contributed by atoms with Crippen LogP contribution in [-0.4, -0.2) is 44.0 Å². The number of methoxy groups -OCH3 is 1. The van der Waals surface area contributed by atoms with E-state index in [1.165, 1.54) is 23.1 Å². The van der Waals surface area contributed by atoms with Crippen molar-refractivity contribution in [1.82, 2.24) is 25.2 Å². The maximum absolute atomic E-state index is 12.4. The average molecular weight is 459 g/mol. The molecule has 0 atom stereocenters. The Morgan fingerprint density at radius 1 is 1.20 bits per heavy atom. The fraction of sp³-hybridized carbons (Fsp3) is 0.105. The van der Waals surface area contributed by atoms with E-state index >= 15 is 0 Å². The maximum atomic E-state index is 12.4. The Hall–Kier alpha value is -2.95. The highest BCUT2D eigenvalue weighted by Crippen LogP contribution is 2.26. The van der Waals surface area contributed by atoms with Crippen molar-refractivity contribution in [3.05, 3.63) is 58.9 Å². The number of thioether (sulfide) groups is 1. The Morgan fingerprint density at radius 3 is 2.70 bits per heavy atom. The molecule has 0 aliphatic heterocycles. The third-order valence-corrected chi connectivity index (χ3v) is 5.91. The summed E-state index contributed by atoms with van der Waals surface area (Å²) in [5.74, 6) is 0.690.